The molecule has 5 nitrogen and oxygen atoms in total. The fourth-order valence-corrected chi connectivity index (χ4v) is 2.29. The molecule has 1 amide bonds. The molecule has 100 valence electrons. The maximum atomic E-state index is 11.6. The molecule has 0 aromatic heterocycles. The first-order valence-electron chi connectivity index (χ1n) is 6.38. The fraction of sp³-hybridized carbons (Fsp3) is 0.917. The van der Waals surface area contributed by atoms with Crippen LogP contribution < -0.4 is 5.32 Å². The Morgan fingerprint density at radius 3 is 3.12 bits per heavy atom. The number of carbonyl (C=O) groups is 1. The molecule has 1 aliphatic heterocycles. The van der Waals surface area contributed by atoms with Crippen LogP contribution >= 0.6 is 0 Å². The molecule has 1 aliphatic rings. The summed E-state index contributed by atoms with van der Waals surface area (Å²) in [5.41, 5.74) is 0. The van der Waals surface area contributed by atoms with E-state index in [9.17, 15) is 4.79 Å². The molecular formula is C12H24N2O3. The number of nitrogens with zero attached hydrogens (tertiary/aromatic N) is 1. The van der Waals surface area contributed by atoms with Crippen molar-refractivity contribution in [1.82, 2.24) is 10.2 Å². The summed E-state index contributed by atoms with van der Waals surface area (Å²) in [4.78, 5) is 13.9. The van der Waals surface area contributed by atoms with E-state index < -0.39 is 0 Å². The van der Waals surface area contributed by atoms with E-state index in [1.807, 2.05) is 0 Å². The van der Waals surface area contributed by atoms with Crippen LogP contribution in [-0.4, -0.2) is 61.9 Å². The fourth-order valence-electron chi connectivity index (χ4n) is 2.29. The highest BCUT2D eigenvalue weighted by Gasteiger charge is 2.25. The number of aliphatic hydroxyl groups excluding tert-OH is 1. The third kappa shape index (κ3) is 5.48. The zero-order chi connectivity index (χ0) is 12.5. The van der Waals surface area contributed by atoms with Crippen molar-refractivity contribution in [3.05, 3.63) is 0 Å². The molecule has 0 aromatic rings. The Labute approximate surface area is 103 Å². The Morgan fingerprint density at radius 1 is 1.59 bits per heavy atom. The third-order valence-electron chi connectivity index (χ3n) is 3.17. The van der Waals surface area contributed by atoms with Crippen LogP contribution in [0.25, 0.3) is 0 Å². The average Bonchev–Trinajstić information content (AvgIpc) is 2.74. The first-order chi connectivity index (χ1) is 8.27. The largest absolute Gasteiger partial charge is 0.396 e. The van der Waals surface area contributed by atoms with Crippen LogP contribution in [0.3, 0.4) is 0 Å². The molecule has 0 spiro atoms. The number of hydrogen-bond acceptors (Lipinski definition) is 4. The zero-order valence-electron chi connectivity index (χ0n) is 10.7. The van der Waals surface area contributed by atoms with Gasteiger partial charge in [0.1, 0.15) is 0 Å². The highest BCUT2D eigenvalue weighted by molar-refractivity contribution is 5.78. The SMILES string of the molecule is COCCNC(=O)CN1CCCC1CCCO. The Morgan fingerprint density at radius 2 is 2.41 bits per heavy atom. The summed E-state index contributed by atoms with van der Waals surface area (Å²) in [7, 11) is 1.62. The van der Waals surface area contributed by atoms with Gasteiger partial charge in [-0.25, -0.2) is 0 Å². The van der Waals surface area contributed by atoms with Gasteiger partial charge in [0, 0.05) is 26.3 Å². The third-order valence-corrected chi connectivity index (χ3v) is 3.17. The Kier molecular flexibility index (Phi) is 7.16. The average molecular weight is 244 g/mol. The van der Waals surface area contributed by atoms with Gasteiger partial charge < -0.3 is 15.2 Å². The number of hydrogen-bond donors (Lipinski definition) is 2. The van der Waals surface area contributed by atoms with Crippen LogP contribution in [0.5, 0.6) is 0 Å². The van der Waals surface area contributed by atoms with E-state index >= 15 is 0 Å². The second-order valence-electron chi connectivity index (χ2n) is 4.48. The van der Waals surface area contributed by atoms with Gasteiger partial charge in [-0.1, -0.05) is 0 Å². The van der Waals surface area contributed by atoms with Crippen molar-refractivity contribution in [2.24, 2.45) is 0 Å². The topological polar surface area (TPSA) is 61.8 Å². The number of ether oxygens (including phenoxy) is 1. The van der Waals surface area contributed by atoms with Crippen LogP contribution in [0.2, 0.25) is 0 Å². The molecule has 0 bridgehead atoms. The van der Waals surface area contributed by atoms with Crippen LogP contribution in [0, 0.1) is 0 Å². The van der Waals surface area contributed by atoms with Gasteiger partial charge >= 0.3 is 0 Å². The highest BCUT2D eigenvalue weighted by Crippen LogP contribution is 2.20. The molecule has 0 aliphatic carbocycles. The molecule has 17 heavy (non-hydrogen) atoms. The zero-order valence-corrected chi connectivity index (χ0v) is 10.7. The number of aliphatic hydroxyl groups is 1. The Bertz CT molecular complexity index is 224. The minimum atomic E-state index is 0.0675. The van der Waals surface area contributed by atoms with Crippen molar-refractivity contribution < 1.29 is 14.6 Å². The summed E-state index contributed by atoms with van der Waals surface area (Å²) in [6.45, 7) is 2.84. The molecule has 1 fully saturated rings. The maximum absolute atomic E-state index is 11.6. The second-order valence-corrected chi connectivity index (χ2v) is 4.48. The van der Waals surface area contributed by atoms with E-state index in [0.717, 1.165) is 32.2 Å². The van der Waals surface area contributed by atoms with Crippen molar-refractivity contribution >= 4 is 5.91 Å². The molecule has 1 saturated heterocycles. The summed E-state index contributed by atoms with van der Waals surface area (Å²) >= 11 is 0. The van der Waals surface area contributed by atoms with Crippen molar-refractivity contribution in [2.45, 2.75) is 31.7 Å². The minimum absolute atomic E-state index is 0.0675. The van der Waals surface area contributed by atoms with E-state index in [4.69, 9.17) is 9.84 Å². The van der Waals surface area contributed by atoms with Gasteiger partial charge in [0.2, 0.25) is 5.91 Å². The van der Waals surface area contributed by atoms with Crippen molar-refractivity contribution in [3.63, 3.8) is 0 Å². The minimum Gasteiger partial charge on any atom is -0.396 e. The lowest BCUT2D eigenvalue weighted by molar-refractivity contribution is -0.122. The first-order valence-corrected chi connectivity index (χ1v) is 6.38. The number of carbonyl (C=O) groups excluding carboxylic acids is 1. The van der Waals surface area contributed by atoms with Crippen molar-refractivity contribution in [1.29, 1.82) is 0 Å². The van der Waals surface area contributed by atoms with E-state index in [0.29, 0.717) is 25.7 Å². The smallest absolute Gasteiger partial charge is 0.234 e. The quantitative estimate of drug-likeness (QED) is 0.589. The number of rotatable bonds is 8. The second kappa shape index (κ2) is 8.44. The molecule has 5 heteroatoms. The van der Waals surface area contributed by atoms with Gasteiger partial charge in [-0.15, -0.1) is 0 Å². The van der Waals surface area contributed by atoms with E-state index in [1.165, 1.54) is 0 Å². The van der Waals surface area contributed by atoms with E-state index in [-0.39, 0.29) is 12.5 Å². The monoisotopic (exact) mass is 244 g/mol. The lowest BCUT2D eigenvalue weighted by Gasteiger charge is -2.23. The van der Waals surface area contributed by atoms with Gasteiger partial charge in [0.05, 0.1) is 13.2 Å². The molecule has 2 N–H and O–H groups in total. The van der Waals surface area contributed by atoms with Crippen LogP contribution in [-0.2, 0) is 9.53 Å². The highest BCUT2D eigenvalue weighted by atomic mass is 16.5. The predicted molar refractivity (Wildman–Crippen MR) is 65.8 cm³/mol. The van der Waals surface area contributed by atoms with Gasteiger partial charge in [-0.2, -0.15) is 0 Å². The van der Waals surface area contributed by atoms with E-state index in [2.05, 4.69) is 10.2 Å². The Hall–Kier alpha value is -0.650. The summed E-state index contributed by atoms with van der Waals surface area (Å²) in [5.74, 6) is 0.0675. The van der Waals surface area contributed by atoms with Crippen LogP contribution in [0.4, 0.5) is 0 Å². The standard InChI is InChI=1S/C12H24N2O3/c1-17-9-6-13-12(16)10-14-7-2-4-11(14)5-3-8-15/h11,15H,2-10H2,1H3,(H,13,16). The van der Waals surface area contributed by atoms with Gasteiger partial charge in [0.15, 0.2) is 0 Å². The van der Waals surface area contributed by atoms with Gasteiger partial charge in [-0.05, 0) is 32.2 Å². The normalized spacial score (nSPS) is 20.7. The van der Waals surface area contributed by atoms with Crippen molar-refractivity contribution in [2.75, 3.05) is 40.0 Å². The van der Waals surface area contributed by atoms with Crippen LogP contribution in [0.1, 0.15) is 25.7 Å². The molecule has 0 radical (unpaired) electrons. The summed E-state index contributed by atoms with van der Waals surface area (Å²) in [5, 5.41) is 11.7. The molecule has 0 aromatic carbocycles. The molecular weight excluding hydrogens is 220 g/mol. The first kappa shape index (κ1) is 14.4. The Balaban J connectivity index is 2.21. The molecule has 1 unspecified atom stereocenters. The lowest BCUT2D eigenvalue weighted by Crippen LogP contribution is -2.40. The predicted octanol–water partition coefficient (Wildman–Crippen LogP) is -0.0141. The van der Waals surface area contributed by atoms with Crippen LogP contribution in [0.15, 0.2) is 0 Å². The number of amides is 1. The number of methoxy groups -OCH3 is 1. The molecule has 1 heterocycles. The van der Waals surface area contributed by atoms with Gasteiger partial charge in [0.25, 0.3) is 0 Å². The lowest BCUT2D eigenvalue weighted by atomic mass is 10.1. The van der Waals surface area contributed by atoms with E-state index in [1.54, 1.807) is 7.11 Å². The molecule has 1 rings (SSSR count). The summed E-state index contributed by atoms with van der Waals surface area (Å²) in [6, 6.07) is 0.468. The number of likely N-dealkylation sites (tertiary alicyclic amines) is 1. The van der Waals surface area contributed by atoms with Gasteiger partial charge in [-0.3, -0.25) is 9.69 Å². The number of nitrogens with one attached hydrogen (secondary N) is 1. The molecule has 1 atom stereocenters. The summed E-state index contributed by atoms with van der Waals surface area (Å²) < 4.78 is 4.88. The maximum Gasteiger partial charge on any atom is 0.234 e. The summed E-state index contributed by atoms with van der Waals surface area (Å²) in [6.07, 6.45) is 4.11. The molecule has 0 saturated carbocycles. The van der Waals surface area contributed by atoms with Crippen molar-refractivity contribution in [3.8, 4) is 0 Å².